The van der Waals surface area contributed by atoms with E-state index in [1.54, 1.807) is 35.1 Å². The van der Waals surface area contributed by atoms with E-state index in [9.17, 15) is 9.59 Å². The summed E-state index contributed by atoms with van der Waals surface area (Å²) < 4.78 is 27.5. The van der Waals surface area contributed by atoms with Gasteiger partial charge < -0.3 is 4.42 Å². The van der Waals surface area contributed by atoms with Crippen molar-refractivity contribution in [2.75, 3.05) is 0 Å². The quantitative estimate of drug-likeness (QED) is 0.211. The number of hydrogen-bond acceptors (Lipinski definition) is 6. The van der Waals surface area contributed by atoms with E-state index < -0.39 is 11.6 Å². The Morgan fingerprint density at radius 3 is 2.55 bits per heavy atom. The van der Waals surface area contributed by atoms with Gasteiger partial charge in [-0.1, -0.05) is 61.8 Å². The lowest BCUT2D eigenvalue weighted by molar-refractivity contribution is 0.388. The normalized spacial score (nSPS) is 11.4. The summed E-state index contributed by atoms with van der Waals surface area (Å²) in [5.41, 5.74) is 4.71. The molecule has 0 unspecified atom stereocenters. The maximum Gasteiger partial charge on any atom is 0.439 e. The maximum atomic E-state index is 15.8. The molecule has 6 rings (SSSR count). The maximum absolute atomic E-state index is 15.8. The summed E-state index contributed by atoms with van der Waals surface area (Å²) in [5.74, 6) is -0.186. The van der Waals surface area contributed by atoms with E-state index in [1.807, 2.05) is 43.3 Å². The molecule has 0 spiro atoms. The van der Waals surface area contributed by atoms with E-state index in [4.69, 9.17) is 9.40 Å². The van der Waals surface area contributed by atoms with Crippen LogP contribution < -0.4 is 11.3 Å². The molecule has 0 aliphatic carbocycles. The molecule has 3 heterocycles. The molecule has 0 radical (unpaired) electrons. The molecule has 0 bridgehead atoms. The van der Waals surface area contributed by atoms with Crippen LogP contribution in [0.3, 0.4) is 0 Å². The molecule has 6 aromatic rings. The number of hydrogen-bond donors (Lipinski definition) is 1. The molecule has 212 valence electrons. The molecule has 0 saturated carbocycles. The number of nitrogens with one attached hydrogen (secondary N) is 1. The summed E-state index contributed by atoms with van der Waals surface area (Å²) >= 11 is 0. The number of fused-ring (bicyclic) bond motifs is 1. The molecule has 0 amide bonds. The summed E-state index contributed by atoms with van der Waals surface area (Å²) in [6.45, 7) is 4.07. The number of unbranched alkanes of at least 4 members (excludes halogenated alkanes) is 1. The zero-order chi connectivity index (χ0) is 29.2. The molecule has 0 saturated heterocycles. The smallest absolute Gasteiger partial charge is 0.439 e. The van der Waals surface area contributed by atoms with Crippen molar-refractivity contribution in [3.05, 3.63) is 122 Å². The van der Waals surface area contributed by atoms with Gasteiger partial charge in [-0.2, -0.15) is 0 Å². The summed E-state index contributed by atoms with van der Waals surface area (Å²) in [4.78, 5) is 33.2. The fourth-order valence-electron chi connectivity index (χ4n) is 5.31. The van der Waals surface area contributed by atoms with Crippen molar-refractivity contribution < 1.29 is 13.3 Å². The minimum atomic E-state index is -0.668. The van der Waals surface area contributed by atoms with Gasteiger partial charge in [0.25, 0.3) is 5.56 Å². The molecule has 0 fully saturated rings. The standard InChI is InChI=1S/C33H29FN4O4/c1-3-5-10-28-26(32(39)38(30(4-2)35-28)23-13-14-29-22(17-23)15-16-41-29)18-21-12-11-20(19-27(21)34)24-8-6-7-9-25(24)31-36-33(40)42-37-31/h6-9,11-17,19H,3-5,10,18H2,1-2H3,(H,36,37,40). The van der Waals surface area contributed by atoms with Crippen molar-refractivity contribution in [2.45, 2.75) is 46.0 Å². The predicted octanol–water partition coefficient (Wildman–Crippen LogP) is 6.62. The second-order valence-corrected chi connectivity index (χ2v) is 10.2. The highest BCUT2D eigenvalue weighted by Crippen LogP contribution is 2.31. The van der Waals surface area contributed by atoms with Crippen LogP contribution in [-0.4, -0.2) is 19.7 Å². The Balaban J connectivity index is 1.43. The second kappa shape index (κ2) is 11.4. The number of halogens is 1. The van der Waals surface area contributed by atoms with Crippen LogP contribution in [-0.2, 0) is 19.3 Å². The molecule has 3 aromatic carbocycles. The van der Waals surface area contributed by atoms with Crippen LogP contribution in [0.4, 0.5) is 4.39 Å². The number of H-pyrrole nitrogens is 1. The van der Waals surface area contributed by atoms with E-state index in [0.717, 1.165) is 23.8 Å². The van der Waals surface area contributed by atoms with Gasteiger partial charge in [0, 0.05) is 29.4 Å². The van der Waals surface area contributed by atoms with Crippen LogP contribution in [0.15, 0.2) is 91.5 Å². The van der Waals surface area contributed by atoms with Crippen molar-refractivity contribution in [3.8, 4) is 28.2 Å². The molecule has 42 heavy (non-hydrogen) atoms. The molecular formula is C33H29FN4O4. The molecular weight excluding hydrogens is 535 g/mol. The SMILES string of the molecule is CCCCc1nc(CC)n(-c2ccc3occc3c2)c(=O)c1Cc1ccc(-c2ccccc2-c2noc(=O)[nH]2)cc1F. The van der Waals surface area contributed by atoms with Crippen molar-refractivity contribution >= 4 is 11.0 Å². The van der Waals surface area contributed by atoms with Gasteiger partial charge in [-0.15, -0.1) is 0 Å². The Bertz CT molecular complexity index is 2020. The van der Waals surface area contributed by atoms with Crippen LogP contribution >= 0.6 is 0 Å². The summed E-state index contributed by atoms with van der Waals surface area (Å²) in [6.07, 6.45) is 4.74. The minimum Gasteiger partial charge on any atom is -0.464 e. The lowest BCUT2D eigenvalue weighted by Crippen LogP contribution is -2.29. The monoisotopic (exact) mass is 564 g/mol. The highest BCUT2D eigenvalue weighted by Gasteiger charge is 2.20. The number of furan rings is 1. The molecule has 1 N–H and O–H groups in total. The molecule has 0 aliphatic heterocycles. The number of aryl methyl sites for hydroxylation is 2. The third kappa shape index (κ3) is 5.09. The third-order valence-corrected chi connectivity index (χ3v) is 7.46. The first-order valence-corrected chi connectivity index (χ1v) is 14.0. The Morgan fingerprint density at radius 1 is 0.976 bits per heavy atom. The summed E-state index contributed by atoms with van der Waals surface area (Å²) in [6, 6.07) is 19.6. The largest absolute Gasteiger partial charge is 0.464 e. The van der Waals surface area contributed by atoms with Gasteiger partial charge in [0.1, 0.15) is 17.2 Å². The van der Waals surface area contributed by atoms with Gasteiger partial charge in [0.15, 0.2) is 5.82 Å². The lowest BCUT2D eigenvalue weighted by atomic mass is 9.95. The number of rotatable bonds is 9. The topological polar surface area (TPSA) is 107 Å². The number of nitrogens with zero attached hydrogens (tertiary/aromatic N) is 3. The lowest BCUT2D eigenvalue weighted by Gasteiger charge is -2.17. The predicted molar refractivity (Wildman–Crippen MR) is 158 cm³/mol. The molecule has 0 atom stereocenters. The van der Waals surface area contributed by atoms with Gasteiger partial charge in [0.05, 0.1) is 17.6 Å². The Morgan fingerprint density at radius 2 is 1.81 bits per heavy atom. The van der Waals surface area contributed by atoms with Crippen molar-refractivity contribution in [2.24, 2.45) is 0 Å². The van der Waals surface area contributed by atoms with E-state index in [2.05, 4.69) is 21.6 Å². The van der Waals surface area contributed by atoms with E-state index in [-0.39, 0.29) is 17.8 Å². The van der Waals surface area contributed by atoms with Gasteiger partial charge in [-0.25, -0.2) is 14.2 Å². The van der Waals surface area contributed by atoms with Gasteiger partial charge in [-0.05, 0) is 59.9 Å². The highest BCUT2D eigenvalue weighted by atomic mass is 19.1. The highest BCUT2D eigenvalue weighted by molar-refractivity contribution is 5.81. The first-order valence-electron chi connectivity index (χ1n) is 14.0. The van der Waals surface area contributed by atoms with Gasteiger partial charge >= 0.3 is 5.76 Å². The van der Waals surface area contributed by atoms with E-state index >= 15 is 4.39 Å². The van der Waals surface area contributed by atoms with Crippen LogP contribution in [0.2, 0.25) is 0 Å². The number of aromatic amines is 1. The molecule has 8 nitrogen and oxygen atoms in total. The first-order chi connectivity index (χ1) is 20.5. The third-order valence-electron chi connectivity index (χ3n) is 7.46. The van der Waals surface area contributed by atoms with Crippen LogP contribution in [0, 0.1) is 5.82 Å². The van der Waals surface area contributed by atoms with Crippen molar-refractivity contribution in [1.82, 2.24) is 19.7 Å². The average Bonchev–Trinajstić information content (AvgIpc) is 3.66. The van der Waals surface area contributed by atoms with Gasteiger partial charge in [0.2, 0.25) is 0 Å². The average molecular weight is 565 g/mol. The van der Waals surface area contributed by atoms with E-state index in [1.165, 1.54) is 6.07 Å². The number of aromatic nitrogens is 4. The zero-order valence-electron chi connectivity index (χ0n) is 23.3. The Kier molecular flexibility index (Phi) is 7.39. The van der Waals surface area contributed by atoms with Crippen LogP contribution in [0.1, 0.15) is 49.3 Å². The first kappa shape index (κ1) is 27.1. The van der Waals surface area contributed by atoms with Crippen LogP contribution in [0.5, 0.6) is 0 Å². The molecule has 9 heteroatoms. The van der Waals surface area contributed by atoms with Gasteiger partial charge in [-0.3, -0.25) is 18.9 Å². The number of benzene rings is 3. The van der Waals surface area contributed by atoms with Crippen molar-refractivity contribution in [1.29, 1.82) is 0 Å². The minimum absolute atomic E-state index is 0.104. The molecule has 3 aromatic heterocycles. The Hall–Kier alpha value is -5.05. The van der Waals surface area contributed by atoms with Crippen LogP contribution in [0.25, 0.3) is 39.2 Å². The molecule has 0 aliphatic rings. The fourth-order valence-corrected chi connectivity index (χ4v) is 5.31. The summed E-state index contributed by atoms with van der Waals surface area (Å²) in [5, 5.41) is 4.67. The fraction of sp³-hybridized carbons (Fsp3) is 0.212. The Labute approximate surface area is 240 Å². The van der Waals surface area contributed by atoms with E-state index in [0.29, 0.717) is 57.9 Å². The second-order valence-electron chi connectivity index (χ2n) is 10.2. The zero-order valence-corrected chi connectivity index (χ0v) is 23.3. The summed E-state index contributed by atoms with van der Waals surface area (Å²) in [7, 11) is 0. The van der Waals surface area contributed by atoms with Crippen molar-refractivity contribution in [3.63, 3.8) is 0 Å².